The molecule has 0 bridgehead atoms. The Bertz CT molecular complexity index is 840. The fourth-order valence-corrected chi connectivity index (χ4v) is 3.58. The van der Waals surface area contributed by atoms with Gasteiger partial charge in [-0.1, -0.05) is 34.6 Å². The van der Waals surface area contributed by atoms with Gasteiger partial charge in [-0.05, 0) is 29.5 Å². The van der Waals surface area contributed by atoms with E-state index in [1.165, 1.54) is 17.8 Å². The number of aromatic nitrogens is 2. The molecule has 0 spiro atoms. The highest BCUT2D eigenvalue weighted by atomic mass is 79.9. The number of H-pyrrole nitrogens is 1. The van der Waals surface area contributed by atoms with E-state index in [-0.39, 0.29) is 23.7 Å². The minimum Gasteiger partial charge on any atom is -0.310 e. The van der Waals surface area contributed by atoms with Crippen LogP contribution in [0, 0.1) is 5.82 Å². The maximum absolute atomic E-state index is 14.2. The summed E-state index contributed by atoms with van der Waals surface area (Å²) in [6, 6.07) is 4.48. The molecule has 1 atom stereocenters. The van der Waals surface area contributed by atoms with Gasteiger partial charge in [0.15, 0.2) is 5.16 Å². The quantitative estimate of drug-likeness (QED) is 0.615. The van der Waals surface area contributed by atoms with Crippen LogP contribution in [0.3, 0.4) is 0 Å². The maximum Gasteiger partial charge on any atom is 0.257 e. The van der Waals surface area contributed by atoms with Gasteiger partial charge >= 0.3 is 0 Å². The van der Waals surface area contributed by atoms with E-state index in [4.69, 9.17) is 0 Å². The number of halogens is 2. The van der Waals surface area contributed by atoms with Gasteiger partial charge in [-0.25, -0.2) is 9.37 Å². The monoisotopic (exact) mass is 397 g/mol. The molecule has 2 heterocycles. The molecule has 1 amide bonds. The molecule has 1 aliphatic heterocycles. The van der Waals surface area contributed by atoms with E-state index in [0.717, 1.165) is 5.75 Å². The Labute approximate surface area is 144 Å². The van der Waals surface area contributed by atoms with Crippen molar-refractivity contribution in [3.05, 3.63) is 50.0 Å². The fraction of sp³-hybridized carbons (Fsp3) is 0.267. The van der Waals surface area contributed by atoms with Crippen LogP contribution in [-0.2, 0) is 4.79 Å². The molecule has 3 rings (SSSR count). The highest BCUT2D eigenvalue weighted by Gasteiger charge is 2.32. The summed E-state index contributed by atoms with van der Waals surface area (Å²) in [4.78, 5) is 31.4. The van der Waals surface area contributed by atoms with Crippen molar-refractivity contribution in [1.82, 2.24) is 9.97 Å². The van der Waals surface area contributed by atoms with E-state index in [1.807, 2.05) is 6.92 Å². The second-order valence-electron chi connectivity index (χ2n) is 5.04. The third kappa shape index (κ3) is 3.18. The number of carbonyl (C=O) groups excluding carboxylic acids is 1. The molecule has 0 fully saturated rings. The van der Waals surface area contributed by atoms with Gasteiger partial charge in [0, 0.05) is 16.8 Å². The van der Waals surface area contributed by atoms with Crippen LogP contribution in [0.15, 0.2) is 32.6 Å². The Kier molecular flexibility index (Phi) is 4.54. The topological polar surface area (TPSA) is 74.8 Å². The van der Waals surface area contributed by atoms with Crippen LogP contribution < -0.4 is 10.9 Å². The number of aromatic amines is 1. The van der Waals surface area contributed by atoms with E-state index in [0.29, 0.717) is 20.8 Å². The number of anilines is 1. The molecule has 2 N–H and O–H groups in total. The molecule has 5 nitrogen and oxygen atoms in total. The SMILES string of the molecule is CCSc1nc2c(c(=O)[nH]1)[C@H](c1cc(Br)ccc1F)CC(=O)N2. The number of nitrogens with zero attached hydrogens (tertiary/aromatic N) is 1. The van der Waals surface area contributed by atoms with Crippen molar-refractivity contribution in [1.29, 1.82) is 0 Å². The number of amides is 1. The van der Waals surface area contributed by atoms with Crippen LogP contribution in [-0.4, -0.2) is 21.6 Å². The van der Waals surface area contributed by atoms with Crippen molar-refractivity contribution in [2.45, 2.75) is 24.4 Å². The van der Waals surface area contributed by atoms with Crippen molar-refractivity contribution in [3.8, 4) is 0 Å². The summed E-state index contributed by atoms with van der Waals surface area (Å²) in [5, 5.41) is 3.05. The van der Waals surface area contributed by atoms with Gasteiger partial charge in [0.25, 0.3) is 5.56 Å². The second kappa shape index (κ2) is 6.45. The summed E-state index contributed by atoms with van der Waals surface area (Å²) >= 11 is 4.66. The van der Waals surface area contributed by atoms with E-state index in [9.17, 15) is 14.0 Å². The lowest BCUT2D eigenvalue weighted by molar-refractivity contribution is -0.116. The van der Waals surface area contributed by atoms with Gasteiger partial charge in [-0.2, -0.15) is 0 Å². The Morgan fingerprint density at radius 1 is 1.43 bits per heavy atom. The first-order valence-electron chi connectivity index (χ1n) is 7.01. The van der Waals surface area contributed by atoms with Crippen LogP contribution in [0.5, 0.6) is 0 Å². The number of benzene rings is 1. The van der Waals surface area contributed by atoms with Gasteiger partial charge in [0.05, 0.1) is 5.56 Å². The number of nitrogens with one attached hydrogen (secondary N) is 2. The molecular weight excluding hydrogens is 385 g/mol. The molecule has 1 aromatic heterocycles. The van der Waals surface area contributed by atoms with Gasteiger partial charge in [-0.15, -0.1) is 0 Å². The van der Waals surface area contributed by atoms with Gasteiger partial charge in [0.2, 0.25) is 5.91 Å². The van der Waals surface area contributed by atoms with Gasteiger partial charge < -0.3 is 10.3 Å². The smallest absolute Gasteiger partial charge is 0.257 e. The van der Waals surface area contributed by atoms with E-state index in [1.54, 1.807) is 12.1 Å². The fourth-order valence-electron chi connectivity index (χ4n) is 2.60. The number of carbonyl (C=O) groups is 1. The third-order valence-corrected chi connectivity index (χ3v) is 4.79. The van der Waals surface area contributed by atoms with Crippen LogP contribution in [0.25, 0.3) is 0 Å². The summed E-state index contributed by atoms with van der Waals surface area (Å²) in [6.45, 7) is 1.93. The molecule has 1 aromatic carbocycles. The molecular formula is C15H13BrFN3O2S. The lowest BCUT2D eigenvalue weighted by Crippen LogP contribution is -2.31. The largest absolute Gasteiger partial charge is 0.310 e. The zero-order chi connectivity index (χ0) is 16.6. The average molecular weight is 398 g/mol. The first-order valence-corrected chi connectivity index (χ1v) is 8.79. The van der Waals surface area contributed by atoms with Crippen LogP contribution >= 0.6 is 27.7 Å². The Hall–Kier alpha value is -1.67. The minimum absolute atomic E-state index is 0.00536. The standard InChI is InChI=1S/C15H13BrFN3O2S/c1-2-23-15-19-13-12(14(22)20-15)9(6-11(21)18-13)8-5-7(16)3-4-10(8)17/h3-5,9H,2,6H2,1H3,(H2,18,19,20,21,22)/t9-/m0/s1. The van der Waals surface area contributed by atoms with Crippen molar-refractivity contribution in [3.63, 3.8) is 0 Å². The molecule has 23 heavy (non-hydrogen) atoms. The first-order chi connectivity index (χ1) is 11.0. The van der Waals surface area contributed by atoms with Crippen LogP contribution in [0.1, 0.15) is 30.4 Å². The lowest BCUT2D eigenvalue weighted by atomic mass is 9.86. The van der Waals surface area contributed by atoms with E-state index in [2.05, 4.69) is 31.2 Å². The molecule has 2 aromatic rings. The summed E-state index contributed by atoms with van der Waals surface area (Å²) in [5.41, 5.74) is 0.246. The molecule has 0 radical (unpaired) electrons. The Morgan fingerprint density at radius 2 is 2.22 bits per heavy atom. The Morgan fingerprint density at radius 3 is 2.96 bits per heavy atom. The molecule has 0 aliphatic carbocycles. The molecule has 120 valence electrons. The average Bonchev–Trinajstić information content (AvgIpc) is 2.48. The lowest BCUT2D eigenvalue weighted by Gasteiger charge is -2.24. The normalized spacial score (nSPS) is 16.8. The van der Waals surface area contributed by atoms with Gasteiger partial charge in [-0.3, -0.25) is 9.59 Å². The summed E-state index contributed by atoms with van der Waals surface area (Å²) in [7, 11) is 0. The molecule has 1 aliphatic rings. The van der Waals surface area contributed by atoms with Crippen molar-refractivity contribution in [2.75, 3.05) is 11.1 Å². The number of fused-ring (bicyclic) bond motifs is 1. The summed E-state index contributed by atoms with van der Waals surface area (Å²) in [5.74, 6) is -0.449. The molecule has 8 heteroatoms. The van der Waals surface area contributed by atoms with Crippen molar-refractivity contribution in [2.24, 2.45) is 0 Å². The van der Waals surface area contributed by atoms with Crippen molar-refractivity contribution < 1.29 is 9.18 Å². The second-order valence-corrected chi connectivity index (χ2v) is 7.21. The number of hydrogen-bond donors (Lipinski definition) is 2. The predicted molar refractivity (Wildman–Crippen MR) is 90.4 cm³/mol. The highest BCUT2D eigenvalue weighted by molar-refractivity contribution is 9.10. The molecule has 0 saturated carbocycles. The third-order valence-electron chi connectivity index (χ3n) is 3.54. The number of rotatable bonds is 3. The molecule has 0 unspecified atom stereocenters. The Balaban J connectivity index is 2.17. The first kappa shape index (κ1) is 16.2. The zero-order valence-electron chi connectivity index (χ0n) is 12.2. The summed E-state index contributed by atoms with van der Waals surface area (Å²) in [6.07, 6.45) is 0.00536. The molecule has 0 saturated heterocycles. The number of hydrogen-bond acceptors (Lipinski definition) is 4. The van der Waals surface area contributed by atoms with Crippen molar-refractivity contribution >= 4 is 39.4 Å². The minimum atomic E-state index is -0.659. The van der Waals surface area contributed by atoms with E-state index < -0.39 is 11.7 Å². The number of thioether (sulfide) groups is 1. The van der Waals surface area contributed by atoms with Crippen LogP contribution in [0.2, 0.25) is 0 Å². The van der Waals surface area contributed by atoms with Gasteiger partial charge in [0.1, 0.15) is 11.6 Å². The maximum atomic E-state index is 14.2. The van der Waals surface area contributed by atoms with Crippen LogP contribution in [0.4, 0.5) is 10.2 Å². The zero-order valence-corrected chi connectivity index (χ0v) is 14.6. The van der Waals surface area contributed by atoms with E-state index >= 15 is 0 Å². The predicted octanol–water partition coefficient (Wildman–Crippen LogP) is 3.26. The highest BCUT2D eigenvalue weighted by Crippen LogP contribution is 2.36. The summed E-state index contributed by atoms with van der Waals surface area (Å²) < 4.78 is 14.9.